The van der Waals surface area contributed by atoms with Gasteiger partial charge in [0.05, 0.1) is 13.1 Å². The zero-order valence-electron chi connectivity index (χ0n) is 25.6. The van der Waals surface area contributed by atoms with Crippen molar-refractivity contribution in [2.75, 3.05) is 18.8 Å². The van der Waals surface area contributed by atoms with E-state index in [9.17, 15) is 14.4 Å². The second-order valence-corrected chi connectivity index (χ2v) is 10.6. The molecule has 0 aliphatic carbocycles. The molecule has 0 fully saturated rings. The number of benzene rings is 1. The Morgan fingerprint density at radius 1 is 1.09 bits per heavy atom. The number of H-pyrrole nitrogens is 1. The van der Waals surface area contributed by atoms with E-state index in [-0.39, 0.29) is 30.4 Å². The fourth-order valence-electron chi connectivity index (χ4n) is 4.62. The highest BCUT2D eigenvalue weighted by Crippen LogP contribution is 2.18. The van der Waals surface area contributed by atoms with Crippen LogP contribution in [0.1, 0.15) is 67.7 Å². The predicted molar refractivity (Wildman–Crippen MR) is 163 cm³/mol. The number of amides is 3. The van der Waals surface area contributed by atoms with Crippen LogP contribution < -0.4 is 26.3 Å². The summed E-state index contributed by atoms with van der Waals surface area (Å²) in [5.74, 6) is 0.293. The summed E-state index contributed by atoms with van der Waals surface area (Å²) in [4.78, 5) is 57.5. The number of rotatable bonds is 10. The third-order valence-electron chi connectivity index (χ3n) is 6.42. The van der Waals surface area contributed by atoms with Crippen molar-refractivity contribution < 1.29 is 33.6 Å². The highest BCUT2D eigenvalue weighted by Gasteiger charge is 2.26. The Balaban J connectivity index is 0.00000169. The van der Waals surface area contributed by atoms with Crippen LogP contribution in [0.5, 0.6) is 0 Å². The monoisotopic (exact) mass is 610 g/mol. The molecule has 0 saturated carbocycles. The van der Waals surface area contributed by atoms with Crippen molar-refractivity contribution in [1.29, 1.82) is 0 Å². The molecule has 3 amide bonds. The molecule has 0 unspecified atom stereocenters. The highest BCUT2D eigenvalue weighted by molar-refractivity contribution is 5.98. The van der Waals surface area contributed by atoms with Gasteiger partial charge in [-0.25, -0.2) is 23.9 Å². The van der Waals surface area contributed by atoms with Crippen molar-refractivity contribution in [2.45, 2.75) is 66.3 Å². The number of nitrogens with zero attached hydrogens (tertiary/aromatic N) is 4. The molecule has 3 heterocycles. The van der Waals surface area contributed by atoms with Gasteiger partial charge in [0.1, 0.15) is 17.7 Å². The van der Waals surface area contributed by atoms with Gasteiger partial charge in [0, 0.05) is 30.9 Å². The van der Waals surface area contributed by atoms with Crippen LogP contribution in [-0.2, 0) is 29.2 Å². The summed E-state index contributed by atoms with van der Waals surface area (Å²) >= 11 is 0. The van der Waals surface area contributed by atoms with Crippen molar-refractivity contribution in [3.8, 4) is 0 Å². The van der Waals surface area contributed by atoms with Gasteiger partial charge in [-0.1, -0.05) is 0 Å². The molecular weight excluding hydrogens is 570 g/mol. The van der Waals surface area contributed by atoms with Gasteiger partial charge in [0.25, 0.3) is 24.1 Å². The van der Waals surface area contributed by atoms with Gasteiger partial charge in [-0.2, -0.15) is 0 Å². The molecule has 3 aromatic heterocycles. The van der Waals surface area contributed by atoms with Gasteiger partial charge < -0.3 is 36.5 Å². The first-order valence-corrected chi connectivity index (χ1v) is 14.2. The normalized spacial score (nSPS) is 11.0. The maximum absolute atomic E-state index is 13.0. The average Bonchev–Trinajstić information content (AvgIpc) is 3.54. The standard InChI is InChI=1S/C28H37N9O4.CH2O2/c1-6-36-19-10-9-17(25(38)31-12-8-13-32-27(40)41-28(3,4)5)15-20(19)37(7-2)21(36)16-33-26(39)22-23(29)35-24-18(34-22)11-14-30-24;2-1-3/h9-11,14-15H,6-8,12-13,16H2,1-5H3,(H5-,29,30,31,32,33,34,35,38,39,40);1H,(H,2,3)/p+1. The smallest absolute Gasteiger partial charge is 0.407 e. The molecule has 0 saturated heterocycles. The summed E-state index contributed by atoms with van der Waals surface area (Å²) in [6.45, 7) is 11.5. The van der Waals surface area contributed by atoms with Crippen molar-refractivity contribution >= 4 is 52.4 Å². The fraction of sp³-hybridized carbons (Fsp3) is 0.414. The van der Waals surface area contributed by atoms with Gasteiger partial charge in [-0.15, -0.1) is 0 Å². The summed E-state index contributed by atoms with van der Waals surface area (Å²) in [5.41, 5.74) is 8.93. The van der Waals surface area contributed by atoms with Crippen molar-refractivity contribution in [3.05, 3.63) is 47.5 Å². The molecule has 7 N–H and O–H groups in total. The molecule has 0 radical (unpaired) electrons. The molecule has 0 spiro atoms. The van der Waals surface area contributed by atoms with Crippen LogP contribution in [-0.4, -0.2) is 67.7 Å². The number of carboxylic acid groups (broad SMARTS) is 1. The molecule has 0 atom stereocenters. The van der Waals surface area contributed by atoms with Crippen LogP contribution >= 0.6 is 0 Å². The van der Waals surface area contributed by atoms with Crippen LogP contribution in [0, 0.1) is 0 Å². The number of imidazole rings is 1. The third kappa shape index (κ3) is 8.20. The zero-order valence-corrected chi connectivity index (χ0v) is 25.6. The molecule has 15 nitrogen and oxygen atoms in total. The molecule has 1 aromatic carbocycles. The number of hydrogen-bond acceptors (Lipinski definition) is 8. The Morgan fingerprint density at radius 2 is 1.80 bits per heavy atom. The Bertz CT molecular complexity index is 1640. The number of aryl methyl sites for hydroxylation is 2. The fourth-order valence-corrected chi connectivity index (χ4v) is 4.62. The number of nitrogens with two attached hydrogens (primary N) is 1. The van der Waals surface area contributed by atoms with Gasteiger partial charge in [-0.05, 0) is 59.2 Å². The number of fused-ring (bicyclic) bond motifs is 2. The highest BCUT2D eigenvalue weighted by atomic mass is 16.6. The van der Waals surface area contributed by atoms with Crippen LogP contribution in [0.2, 0.25) is 0 Å². The average molecular weight is 611 g/mol. The number of hydrogen-bond donors (Lipinski definition) is 6. The molecule has 4 aromatic rings. The van der Waals surface area contributed by atoms with E-state index in [2.05, 4.69) is 40.0 Å². The molecule has 0 aliphatic heterocycles. The summed E-state index contributed by atoms with van der Waals surface area (Å²) in [6.07, 6.45) is 1.77. The number of carbonyl (C=O) groups excluding carboxylic acids is 3. The lowest BCUT2D eigenvalue weighted by molar-refractivity contribution is -0.676. The minimum absolute atomic E-state index is 0.0492. The number of aromatic nitrogens is 5. The van der Waals surface area contributed by atoms with Crippen molar-refractivity contribution in [1.82, 2.24) is 35.5 Å². The molecule has 0 bridgehead atoms. The number of aromatic amines is 1. The summed E-state index contributed by atoms with van der Waals surface area (Å²) < 4.78 is 9.39. The zero-order chi connectivity index (χ0) is 32.4. The van der Waals surface area contributed by atoms with E-state index in [0.717, 1.165) is 16.9 Å². The second kappa shape index (κ2) is 14.8. The summed E-state index contributed by atoms with van der Waals surface area (Å²) in [6, 6.07) is 7.28. The van der Waals surface area contributed by atoms with Crippen LogP contribution in [0.3, 0.4) is 0 Å². The number of ether oxygens (including phenoxy) is 1. The lowest BCUT2D eigenvalue weighted by atomic mass is 10.2. The molecule has 0 aliphatic rings. The third-order valence-corrected chi connectivity index (χ3v) is 6.42. The number of anilines is 1. The lowest BCUT2D eigenvalue weighted by Crippen LogP contribution is -2.40. The van der Waals surface area contributed by atoms with Gasteiger partial charge in [-0.3, -0.25) is 14.4 Å². The molecule has 4 rings (SSSR count). The van der Waals surface area contributed by atoms with E-state index in [1.54, 1.807) is 39.1 Å². The van der Waals surface area contributed by atoms with E-state index in [4.69, 9.17) is 20.4 Å². The lowest BCUT2D eigenvalue weighted by Gasteiger charge is -2.19. The van der Waals surface area contributed by atoms with Crippen molar-refractivity contribution in [2.24, 2.45) is 0 Å². The Labute approximate surface area is 254 Å². The van der Waals surface area contributed by atoms with E-state index < -0.39 is 17.6 Å². The van der Waals surface area contributed by atoms with Crippen LogP contribution in [0.15, 0.2) is 30.5 Å². The Morgan fingerprint density at radius 3 is 2.45 bits per heavy atom. The number of alkyl carbamates (subject to hydrolysis) is 1. The van der Waals surface area contributed by atoms with E-state index >= 15 is 0 Å². The van der Waals surface area contributed by atoms with E-state index in [0.29, 0.717) is 49.3 Å². The Kier molecular flexibility index (Phi) is 11.2. The van der Waals surface area contributed by atoms with Gasteiger partial charge >= 0.3 is 6.09 Å². The minimum atomic E-state index is -0.561. The topological polar surface area (TPSA) is 210 Å². The van der Waals surface area contributed by atoms with E-state index in [1.165, 1.54) is 0 Å². The Hall–Kier alpha value is -5.21. The maximum atomic E-state index is 13.0. The molecule has 44 heavy (non-hydrogen) atoms. The minimum Gasteiger partial charge on any atom is -0.483 e. The maximum Gasteiger partial charge on any atom is 0.407 e. The van der Waals surface area contributed by atoms with Crippen LogP contribution in [0.4, 0.5) is 10.6 Å². The van der Waals surface area contributed by atoms with Crippen LogP contribution in [0.25, 0.3) is 22.2 Å². The second-order valence-electron chi connectivity index (χ2n) is 10.6. The quantitative estimate of drug-likeness (QED) is 0.0880. The number of nitrogen functional groups attached to an aromatic ring is 1. The van der Waals surface area contributed by atoms with Gasteiger partial charge in [0.15, 0.2) is 28.2 Å². The van der Waals surface area contributed by atoms with Crippen molar-refractivity contribution in [3.63, 3.8) is 0 Å². The molecule has 15 heteroatoms. The number of nitrogens with one attached hydrogen (secondary N) is 4. The number of carbonyl (C=O) groups is 4. The van der Waals surface area contributed by atoms with Gasteiger partial charge in [0.2, 0.25) is 0 Å². The largest absolute Gasteiger partial charge is 0.483 e. The first-order valence-electron chi connectivity index (χ1n) is 14.2. The summed E-state index contributed by atoms with van der Waals surface area (Å²) in [7, 11) is 0. The predicted octanol–water partition coefficient (Wildman–Crippen LogP) is 2.10. The first kappa shape index (κ1) is 33.3. The molecular formula is C29H40N9O6+. The summed E-state index contributed by atoms with van der Waals surface area (Å²) in [5, 5.41) is 15.4. The molecule has 236 valence electrons. The first-order chi connectivity index (χ1) is 20.9. The van der Waals surface area contributed by atoms with E-state index in [1.807, 2.05) is 26.0 Å². The SMILES string of the molecule is CCn1c(CNC(=O)c2nc3cc[nH]c3nc2N)[n+](CC)c2ccc(C(=O)NCCCNC(=O)OC(C)(C)C)cc21.O=CO.